The second kappa shape index (κ2) is 8.15. The summed E-state index contributed by atoms with van der Waals surface area (Å²) < 4.78 is 23.4. The molecule has 3 aliphatic carbocycles. The second-order valence-corrected chi connectivity index (χ2v) is 8.84. The van der Waals surface area contributed by atoms with Crippen LogP contribution >= 0.6 is 0 Å². The summed E-state index contributed by atoms with van der Waals surface area (Å²) in [4.78, 5) is 25.4. The third kappa shape index (κ3) is 3.51. The van der Waals surface area contributed by atoms with Crippen LogP contribution in [0.25, 0.3) is 11.1 Å². The standard InChI is InChI=1S/C26H28O6/c1-29-22-13-11-20(17-8-5-9-19-18(17)10-12-21(19)27)23(24(22)30-2)32-26(14-15-26)25(28)31-16-6-3-4-7-16/h5,8-9,11,13,16H,3-4,6-7,10,12,14-15H2,1-2H3. The molecule has 0 N–H and O–H groups in total. The number of fused-ring (bicyclic) bond motifs is 1. The number of hydrogen-bond acceptors (Lipinski definition) is 6. The van der Waals surface area contributed by atoms with E-state index < -0.39 is 5.60 Å². The molecule has 2 fully saturated rings. The SMILES string of the molecule is COc1ccc(-c2cccc3c2CCC3=O)c(OC2(C(=O)OC3CCCC3)CC2)c1OC. The van der Waals surface area contributed by atoms with Gasteiger partial charge in [-0.1, -0.05) is 18.2 Å². The molecule has 6 heteroatoms. The normalized spacial score (nSPS) is 18.9. The summed E-state index contributed by atoms with van der Waals surface area (Å²) in [5.41, 5.74) is 2.47. The Morgan fingerprint density at radius 3 is 2.34 bits per heavy atom. The summed E-state index contributed by atoms with van der Waals surface area (Å²) in [5, 5.41) is 0. The number of hydrogen-bond donors (Lipinski definition) is 0. The topological polar surface area (TPSA) is 71.1 Å². The van der Waals surface area contributed by atoms with Gasteiger partial charge in [-0.25, -0.2) is 4.79 Å². The van der Waals surface area contributed by atoms with Crippen LogP contribution in [0.5, 0.6) is 17.2 Å². The first kappa shape index (κ1) is 20.9. The van der Waals surface area contributed by atoms with Crippen molar-refractivity contribution in [3.05, 3.63) is 41.5 Å². The Kier molecular flexibility index (Phi) is 5.31. The molecule has 168 valence electrons. The van der Waals surface area contributed by atoms with Crippen molar-refractivity contribution in [3.8, 4) is 28.4 Å². The molecule has 0 amide bonds. The van der Waals surface area contributed by atoms with Crippen molar-refractivity contribution in [2.24, 2.45) is 0 Å². The highest BCUT2D eigenvalue weighted by molar-refractivity contribution is 6.02. The summed E-state index contributed by atoms with van der Waals surface area (Å²) in [7, 11) is 3.13. The second-order valence-electron chi connectivity index (χ2n) is 8.84. The third-order valence-electron chi connectivity index (χ3n) is 6.82. The predicted molar refractivity (Wildman–Crippen MR) is 119 cm³/mol. The maximum absolute atomic E-state index is 13.1. The maximum atomic E-state index is 13.1. The van der Waals surface area contributed by atoms with Crippen LogP contribution in [0.4, 0.5) is 0 Å². The Bertz CT molecular complexity index is 1060. The van der Waals surface area contributed by atoms with Gasteiger partial charge in [-0.2, -0.15) is 0 Å². The number of Topliss-reactive ketones (excluding diaryl/α,β-unsaturated/α-hetero) is 1. The van der Waals surface area contributed by atoms with Crippen LogP contribution in [0.2, 0.25) is 0 Å². The highest BCUT2D eigenvalue weighted by atomic mass is 16.6. The van der Waals surface area contributed by atoms with Gasteiger partial charge in [0.2, 0.25) is 11.4 Å². The number of ether oxygens (including phenoxy) is 4. The lowest BCUT2D eigenvalue weighted by atomic mass is 9.95. The lowest BCUT2D eigenvalue weighted by Gasteiger charge is -2.24. The molecule has 0 saturated heterocycles. The van der Waals surface area contributed by atoms with E-state index in [1.807, 2.05) is 30.3 Å². The first-order valence-electron chi connectivity index (χ1n) is 11.4. The highest BCUT2D eigenvalue weighted by Crippen LogP contribution is 2.52. The number of benzene rings is 2. The predicted octanol–water partition coefficient (Wildman–Crippen LogP) is 4.90. The van der Waals surface area contributed by atoms with E-state index in [-0.39, 0.29) is 17.9 Å². The van der Waals surface area contributed by atoms with E-state index in [4.69, 9.17) is 18.9 Å². The number of carbonyl (C=O) groups is 2. The molecule has 2 aromatic carbocycles. The molecule has 5 rings (SSSR count). The molecule has 0 heterocycles. The molecule has 0 radical (unpaired) electrons. The average Bonchev–Trinajstić information content (AvgIpc) is 3.22. The molecule has 0 spiro atoms. The van der Waals surface area contributed by atoms with Crippen LogP contribution in [0.1, 0.15) is 60.9 Å². The molecule has 0 aliphatic heterocycles. The van der Waals surface area contributed by atoms with Crippen LogP contribution in [0.3, 0.4) is 0 Å². The van der Waals surface area contributed by atoms with E-state index in [1.165, 1.54) is 0 Å². The van der Waals surface area contributed by atoms with Crippen molar-refractivity contribution in [1.29, 1.82) is 0 Å². The van der Waals surface area contributed by atoms with Crippen molar-refractivity contribution in [2.75, 3.05) is 14.2 Å². The van der Waals surface area contributed by atoms with Crippen molar-refractivity contribution < 1.29 is 28.5 Å². The quantitative estimate of drug-likeness (QED) is 0.575. The van der Waals surface area contributed by atoms with E-state index in [9.17, 15) is 9.59 Å². The van der Waals surface area contributed by atoms with Crippen molar-refractivity contribution >= 4 is 11.8 Å². The summed E-state index contributed by atoms with van der Waals surface area (Å²) in [5.74, 6) is 1.28. The van der Waals surface area contributed by atoms with Gasteiger partial charge in [0.1, 0.15) is 6.10 Å². The molecule has 2 saturated carbocycles. The lowest BCUT2D eigenvalue weighted by molar-refractivity contribution is -0.159. The fourth-order valence-electron chi connectivity index (χ4n) is 4.88. The number of esters is 1. The fraction of sp³-hybridized carbons (Fsp3) is 0.462. The highest BCUT2D eigenvalue weighted by Gasteiger charge is 2.56. The zero-order chi connectivity index (χ0) is 22.3. The molecule has 3 aliphatic rings. The zero-order valence-electron chi connectivity index (χ0n) is 18.6. The summed E-state index contributed by atoms with van der Waals surface area (Å²) in [6, 6.07) is 9.49. The van der Waals surface area contributed by atoms with E-state index >= 15 is 0 Å². The Hall–Kier alpha value is -3.02. The van der Waals surface area contributed by atoms with Gasteiger partial charge in [0.15, 0.2) is 17.3 Å². The number of rotatable bonds is 7. The van der Waals surface area contributed by atoms with Gasteiger partial charge < -0.3 is 18.9 Å². The van der Waals surface area contributed by atoms with Crippen LogP contribution in [0.15, 0.2) is 30.3 Å². The van der Waals surface area contributed by atoms with Crippen molar-refractivity contribution in [2.45, 2.75) is 63.1 Å². The Morgan fingerprint density at radius 1 is 0.906 bits per heavy atom. The Labute approximate surface area is 187 Å². The van der Waals surface area contributed by atoms with Crippen molar-refractivity contribution in [1.82, 2.24) is 0 Å². The lowest BCUT2D eigenvalue weighted by Crippen LogP contribution is -2.34. The van der Waals surface area contributed by atoms with Gasteiger partial charge in [0, 0.05) is 30.4 Å². The first-order chi connectivity index (χ1) is 15.6. The van der Waals surface area contributed by atoms with E-state index in [1.54, 1.807) is 14.2 Å². The van der Waals surface area contributed by atoms with E-state index in [2.05, 4.69) is 0 Å². The summed E-state index contributed by atoms with van der Waals surface area (Å²) in [6.45, 7) is 0. The monoisotopic (exact) mass is 436 g/mol. The molecular weight excluding hydrogens is 408 g/mol. The molecule has 0 aromatic heterocycles. The van der Waals surface area contributed by atoms with Gasteiger partial charge in [-0.15, -0.1) is 0 Å². The number of methoxy groups -OCH3 is 2. The molecule has 0 bridgehead atoms. The van der Waals surface area contributed by atoms with Gasteiger partial charge in [0.05, 0.1) is 14.2 Å². The summed E-state index contributed by atoms with van der Waals surface area (Å²) in [6.07, 6.45) is 6.40. The van der Waals surface area contributed by atoms with Gasteiger partial charge in [0.25, 0.3) is 0 Å². The minimum Gasteiger partial charge on any atom is -0.493 e. The molecule has 0 atom stereocenters. The molecule has 6 nitrogen and oxygen atoms in total. The zero-order valence-corrected chi connectivity index (χ0v) is 18.6. The number of carbonyl (C=O) groups excluding carboxylic acids is 2. The van der Waals surface area contributed by atoms with E-state index in [0.29, 0.717) is 42.9 Å². The maximum Gasteiger partial charge on any atom is 0.350 e. The minimum absolute atomic E-state index is 0.0151. The van der Waals surface area contributed by atoms with Crippen molar-refractivity contribution in [3.63, 3.8) is 0 Å². The smallest absolute Gasteiger partial charge is 0.350 e. The summed E-state index contributed by atoms with van der Waals surface area (Å²) >= 11 is 0. The first-order valence-corrected chi connectivity index (χ1v) is 11.4. The Morgan fingerprint density at radius 2 is 1.66 bits per heavy atom. The Balaban J connectivity index is 1.56. The van der Waals surface area contributed by atoms with Gasteiger partial charge in [-0.05, 0) is 55.4 Å². The molecule has 2 aromatic rings. The molecular formula is C26H28O6. The van der Waals surface area contributed by atoms with Gasteiger partial charge >= 0.3 is 5.97 Å². The van der Waals surface area contributed by atoms with Crippen LogP contribution in [-0.4, -0.2) is 37.7 Å². The van der Waals surface area contributed by atoms with Gasteiger partial charge in [-0.3, -0.25) is 4.79 Å². The van der Waals surface area contributed by atoms with Crippen LogP contribution < -0.4 is 14.2 Å². The number of ketones is 1. The molecule has 0 unspecified atom stereocenters. The largest absolute Gasteiger partial charge is 0.493 e. The fourth-order valence-corrected chi connectivity index (χ4v) is 4.88. The average molecular weight is 437 g/mol. The van der Waals surface area contributed by atoms with Crippen LogP contribution in [0, 0.1) is 0 Å². The van der Waals surface area contributed by atoms with Crippen LogP contribution in [-0.2, 0) is 16.0 Å². The molecule has 32 heavy (non-hydrogen) atoms. The third-order valence-corrected chi connectivity index (χ3v) is 6.82. The van der Waals surface area contributed by atoms with E-state index in [0.717, 1.165) is 47.9 Å². The minimum atomic E-state index is -0.995.